The maximum atomic E-state index is 12.8. The number of rotatable bonds is 7. The average molecular weight is 418 g/mol. The van der Waals surface area contributed by atoms with E-state index in [1.807, 2.05) is 25.3 Å². The molecule has 3 rings (SSSR count). The van der Waals surface area contributed by atoms with Gasteiger partial charge in [-0.2, -0.15) is 0 Å². The second-order valence-electron chi connectivity index (χ2n) is 7.67. The quantitative estimate of drug-likeness (QED) is 0.725. The zero-order valence-electron chi connectivity index (χ0n) is 16.7. The van der Waals surface area contributed by atoms with Crippen LogP contribution in [0.5, 0.6) is 0 Å². The monoisotopic (exact) mass is 417 g/mol. The molecule has 2 N–H and O–H groups in total. The topological polar surface area (TPSA) is 91.7 Å². The number of hydrogen-bond acceptors (Lipinski definition) is 5. The minimum Gasteiger partial charge on any atom is -0.459 e. The maximum Gasteiger partial charge on any atom is 0.289 e. The molecule has 1 saturated heterocycles. The molecule has 0 spiro atoms. The number of furan rings is 1. The standard InChI is InChI=1S/C21H27N3O4S/c1-14(2)13-22-20(26)18(23-19(25)17-6-4-12-29-17)15-7-9-24(10-8-15)21(27)16-5-3-11-28-16/h3-6,11-12,14-15,18H,7-10,13H2,1-2H3,(H,22,26)(H,23,25). The van der Waals surface area contributed by atoms with Crippen LogP contribution < -0.4 is 10.6 Å². The Balaban J connectivity index is 1.65. The minimum absolute atomic E-state index is 0.0354. The highest BCUT2D eigenvalue weighted by Crippen LogP contribution is 2.23. The number of nitrogens with zero attached hydrogens (tertiary/aromatic N) is 1. The van der Waals surface area contributed by atoms with Gasteiger partial charge >= 0.3 is 0 Å². The smallest absolute Gasteiger partial charge is 0.289 e. The third-order valence-electron chi connectivity index (χ3n) is 5.03. The van der Waals surface area contributed by atoms with Crippen LogP contribution in [0.15, 0.2) is 40.3 Å². The summed E-state index contributed by atoms with van der Waals surface area (Å²) in [5.74, 6) is 0.0582. The molecule has 0 aromatic carbocycles. The number of amides is 3. The Hall–Kier alpha value is -2.61. The number of thiophene rings is 1. The summed E-state index contributed by atoms with van der Waals surface area (Å²) in [7, 11) is 0. The third-order valence-corrected chi connectivity index (χ3v) is 5.90. The molecule has 3 amide bonds. The fraction of sp³-hybridized carbons (Fsp3) is 0.476. The van der Waals surface area contributed by atoms with Gasteiger partial charge < -0.3 is 20.0 Å². The van der Waals surface area contributed by atoms with Crippen molar-refractivity contribution in [2.75, 3.05) is 19.6 Å². The molecule has 0 aliphatic carbocycles. The van der Waals surface area contributed by atoms with Gasteiger partial charge in [0.15, 0.2) is 5.76 Å². The molecule has 1 aliphatic heterocycles. The molecule has 7 nitrogen and oxygen atoms in total. The molecule has 2 aromatic heterocycles. The Bertz CT molecular complexity index is 809. The summed E-state index contributed by atoms with van der Waals surface area (Å²) in [6.07, 6.45) is 2.75. The first kappa shape index (κ1) is 21.1. The lowest BCUT2D eigenvalue weighted by atomic mass is 9.88. The SMILES string of the molecule is CC(C)CNC(=O)C(NC(=O)c1cccs1)C1CCN(C(=O)c2ccco2)CC1. The Morgan fingerprint density at radius 3 is 2.55 bits per heavy atom. The fourth-order valence-corrected chi connectivity index (χ4v) is 4.05. The summed E-state index contributed by atoms with van der Waals surface area (Å²) in [6, 6.07) is 6.27. The highest BCUT2D eigenvalue weighted by atomic mass is 32.1. The first-order valence-corrected chi connectivity index (χ1v) is 10.8. The molecule has 156 valence electrons. The van der Waals surface area contributed by atoms with Crippen LogP contribution in [0.4, 0.5) is 0 Å². The molecule has 1 fully saturated rings. The summed E-state index contributed by atoms with van der Waals surface area (Å²) in [4.78, 5) is 40.2. The third kappa shape index (κ3) is 5.47. The molecule has 2 aromatic rings. The van der Waals surface area contributed by atoms with Gasteiger partial charge in [-0.3, -0.25) is 14.4 Å². The molecular weight excluding hydrogens is 390 g/mol. The molecule has 0 bridgehead atoms. The van der Waals surface area contributed by atoms with Crippen molar-refractivity contribution in [2.24, 2.45) is 11.8 Å². The number of likely N-dealkylation sites (tertiary alicyclic amines) is 1. The first-order valence-electron chi connectivity index (χ1n) is 9.90. The summed E-state index contributed by atoms with van der Waals surface area (Å²) >= 11 is 1.35. The molecule has 1 atom stereocenters. The van der Waals surface area contributed by atoms with E-state index in [9.17, 15) is 14.4 Å². The van der Waals surface area contributed by atoms with Crippen molar-refractivity contribution in [3.05, 3.63) is 46.5 Å². The number of hydrogen-bond donors (Lipinski definition) is 2. The van der Waals surface area contributed by atoms with E-state index in [4.69, 9.17) is 4.42 Å². The van der Waals surface area contributed by atoms with Gasteiger partial charge in [-0.1, -0.05) is 19.9 Å². The maximum absolute atomic E-state index is 12.8. The van der Waals surface area contributed by atoms with Crippen molar-refractivity contribution in [3.63, 3.8) is 0 Å². The Morgan fingerprint density at radius 1 is 1.21 bits per heavy atom. The van der Waals surface area contributed by atoms with Gasteiger partial charge in [0.1, 0.15) is 6.04 Å². The second-order valence-corrected chi connectivity index (χ2v) is 8.62. The van der Waals surface area contributed by atoms with E-state index >= 15 is 0 Å². The van der Waals surface area contributed by atoms with E-state index in [1.165, 1.54) is 17.6 Å². The van der Waals surface area contributed by atoms with Gasteiger partial charge in [0.25, 0.3) is 11.8 Å². The Morgan fingerprint density at radius 2 is 1.97 bits per heavy atom. The van der Waals surface area contributed by atoms with E-state index in [2.05, 4.69) is 10.6 Å². The van der Waals surface area contributed by atoms with E-state index in [0.717, 1.165) is 0 Å². The lowest BCUT2D eigenvalue weighted by molar-refractivity contribution is -0.124. The highest BCUT2D eigenvalue weighted by molar-refractivity contribution is 7.12. The van der Waals surface area contributed by atoms with Crippen LogP contribution in [-0.2, 0) is 4.79 Å². The summed E-state index contributed by atoms with van der Waals surface area (Å²) < 4.78 is 5.20. The minimum atomic E-state index is -0.621. The molecule has 0 saturated carbocycles. The zero-order chi connectivity index (χ0) is 20.8. The van der Waals surface area contributed by atoms with E-state index < -0.39 is 6.04 Å². The van der Waals surface area contributed by atoms with Crippen LogP contribution in [0, 0.1) is 11.8 Å². The average Bonchev–Trinajstić information content (AvgIpc) is 3.44. The lowest BCUT2D eigenvalue weighted by Gasteiger charge is -2.35. The summed E-state index contributed by atoms with van der Waals surface area (Å²) in [5, 5.41) is 7.70. The predicted octanol–water partition coefficient (Wildman–Crippen LogP) is 2.76. The zero-order valence-corrected chi connectivity index (χ0v) is 17.5. The van der Waals surface area contributed by atoms with Gasteiger partial charge in [-0.25, -0.2) is 0 Å². The van der Waals surface area contributed by atoms with Crippen LogP contribution in [0.25, 0.3) is 0 Å². The molecule has 0 radical (unpaired) electrons. The van der Waals surface area contributed by atoms with Crippen molar-refractivity contribution in [1.82, 2.24) is 15.5 Å². The fourth-order valence-electron chi connectivity index (χ4n) is 3.42. The van der Waals surface area contributed by atoms with Crippen molar-refractivity contribution in [3.8, 4) is 0 Å². The largest absolute Gasteiger partial charge is 0.459 e. The first-order chi connectivity index (χ1) is 14.0. The van der Waals surface area contributed by atoms with E-state index in [-0.39, 0.29) is 23.6 Å². The van der Waals surface area contributed by atoms with Crippen molar-refractivity contribution >= 4 is 29.1 Å². The van der Waals surface area contributed by atoms with Crippen LogP contribution >= 0.6 is 11.3 Å². The van der Waals surface area contributed by atoms with E-state index in [0.29, 0.717) is 49.0 Å². The van der Waals surface area contributed by atoms with E-state index in [1.54, 1.807) is 23.1 Å². The van der Waals surface area contributed by atoms with Crippen LogP contribution in [-0.4, -0.2) is 48.3 Å². The Kier molecular flexibility index (Phi) is 7.09. The number of nitrogens with one attached hydrogen (secondary N) is 2. The highest BCUT2D eigenvalue weighted by Gasteiger charge is 2.34. The molecule has 29 heavy (non-hydrogen) atoms. The lowest BCUT2D eigenvalue weighted by Crippen LogP contribution is -2.54. The van der Waals surface area contributed by atoms with Crippen molar-refractivity contribution < 1.29 is 18.8 Å². The second kappa shape index (κ2) is 9.73. The summed E-state index contributed by atoms with van der Waals surface area (Å²) in [6.45, 7) is 5.65. The molecule has 3 heterocycles. The van der Waals surface area contributed by atoms with Gasteiger partial charge in [0, 0.05) is 19.6 Å². The summed E-state index contributed by atoms with van der Waals surface area (Å²) in [5.41, 5.74) is 0. The van der Waals surface area contributed by atoms with Crippen LogP contribution in [0.1, 0.15) is 46.9 Å². The van der Waals surface area contributed by atoms with Gasteiger partial charge in [-0.05, 0) is 48.3 Å². The van der Waals surface area contributed by atoms with Crippen LogP contribution in [0.3, 0.4) is 0 Å². The van der Waals surface area contributed by atoms with Crippen molar-refractivity contribution in [1.29, 1.82) is 0 Å². The van der Waals surface area contributed by atoms with Crippen molar-refractivity contribution in [2.45, 2.75) is 32.7 Å². The number of carbonyl (C=O) groups is 3. The normalized spacial score (nSPS) is 15.9. The molecular formula is C21H27N3O4S. The van der Waals surface area contributed by atoms with Gasteiger partial charge in [-0.15, -0.1) is 11.3 Å². The number of carbonyl (C=O) groups excluding carboxylic acids is 3. The van der Waals surface area contributed by atoms with Gasteiger partial charge in [0.05, 0.1) is 11.1 Å². The Labute approximate surface area is 174 Å². The molecule has 1 unspecified atom stereocenters. The number of piperidine rings is 1. The molecule has 8 heteroatoms. The van der Waals surface area contributed by atoms with Crippen LogP contribution in [0.2, 0.25) is 0 Å². The van der Waals surface area contributed by atoms with Gasteiger partial charge in [0.2, 0.25) is 5.91 Å². The molecule has 1 aliphatic rings. The predicted molar refractivity (Wildman–Crippen MR) is 111 cm³/mol.